The molecule has 0 fully saturated rings. The molecule has 20 heavy (non-hydrogen) atoms. The lowest BCUT2D eigenvalue weighted by molar-refractivity contribution is 0.296. The zero-order chi connectivity index (χ0) is 14.2. The Morgan fingerprint density at radius 2 is 2.10 bits per heavy atom. The molecule has 0 atom stereocenters. The monoisotopic (exact) mass is 310 g/mol. The fraction of sp³-hybridized carbons (Fsp3) is 0.385. The summed E-state index contributed by atoms with van der Waals surface area (Å²) in [6, 6.07) is 3.86. The Hall–Kier alpha value is -1.31. The van der Waals surface area contributed by atoms with Crippen LogP contribution in [0.15, 0.2) is 24.5 Å². The second-order valence-electron chi connectivity index (χ2n) is 4.12. The third-order valence-corrected chi connectivity index (χ3v) is 4.56. The van der Waals surface area contributed by atoms with Crippen molar-refractivity contribution in [2.45, 2.75) is 6.42 Å². The van der Waals surface area contributed by atoms with Gasteiger partial charge in [-0.05, 0) is 41.4 Å². The summed E-state index contributed by atoms with van der Waals surface area (Å²) in [6.07, 6.45) is 4.35. The summed E-state index contributed by atoms with van der Waals surface area (Å²) in [5.41, 5.74) is 7.93. The lowest BCUT2D eigenvalue weighted by atomic mass is 10.1. The number of aliphatic hydroxyl groups is 1. The summed E-state index contributed by atoms with van der Waals surface area (Å²) in [5, 5.41) is 13.1. The summed E-state index contributed by atoms with van der Waals surface area (Å²) in [5.74, 6) is 2.53. The highest BCUT2D eigenvalue weighted by molar-refractivity contribution is 7.99. The Balaban J connectivity index is 1.93. The van der Waals surface area contributed by atoms with Crippen LogP contribution in [0.3, 0.4) is 0 Å². The van der Waals surface area contributed by atoms with Crippen LogP contribution < -0.4 is 11.1 Å². The van der Waals surface area contributed by atoms with E-state index in [2.05, 4.69) is 14.7 Å². The summed E-state index contributed by atoms with van der Waals surface area (Å²) in [7, 11) is 0. The van der Waals surface area contributed by atoms with Crippen LogP contribution in [0, 0.1) is 0 Å². The van der Waals surface area contributed by atoms with E-state index in [0.29, 0.717) is 5.82 Å². The maximum Gasteiger partial charge on any atom is 0.147 e. The van der Waals surface area contributed by atoms with Crippen LogP contribution in [0.25, 0.3) is 11.1 Å². The number of aliphatic hydroxyl groups excluding tert-OH is 1. The van der Waals surface area contributed by atoms with Crippen molar-refractivity contribution in [2.24, 2.45) is 0 Å². The number of nitrogens with two attached hydrogens (primary N) is 1. The average molecular weight is 310 g/mol. The largest absolute Gasteiger partial charge is 0.396 e. The zero-order valence-corrected chi connectivity index (χ0v) is 12.7. The molecule has 2 heterocycles. The van der Waals surface area contributed by atoms with E-state index in [1.165, 1.54) is 11.5 Å². The highest BCUT2D eigenvalue weighted by Gasteiger charge is 2.12. The normalized spacial score (nSPS) is 10.7. The van der Waals surface area contributed by atoms with Crippen LogP contribution in [0.4, 0.5) is 10.8 Å². The van der Waals surface area contributed by atoms with E-state index in [1.54, 1.807) is 12.4 Å². The minimum Gasteiger partial charge on any atom is -0.396 e. The molecule has 0 aromatic carbocycles. The molecule has 0 saturated carbocycles. The first-order valence-corrected chi connectivity index (χ1v) is 8.33. The number of thioether (sulfide) groups is 1. The van der Waals surface area contributed by atoms with Gasteiger partial charge in [0.05, 0.1) is 5.56 Å². The summed E-state index contributed by atoms with van der Waals surface area (Å²) >= 11 is 3.21. The molecular weight excluding hydrogens is 292 g/mol. The first-order chi connectivity index (χ1) is 9.83. The molecule has 0 spiro atoms. The lowest BCUT2D eigenvalue weighted by Gasteiger charge is -2.07. The predicted octanol–water partition coefficient (Wildman–Crippen LogP) is 2.31. The fourth-order valence-electron chi connectivity index (χ4n) is 1.73. The third-order valence-electron chi connectivity index (χ3n) is 2.67. The molecule has 0 aliphatic carbocycles. The molecule has 2 rings (SSSR count). The molecule has 0 aliphatic heterocycles. The molecule has 0 saturated heterocycles. The third kappa shape index (κ3) is 4.09. The van der Waals surface area contributed by atoms with E-state index in [-0.39, 0.29) is 6.61 Å². The quantitative estimate of drug-likeness (QED) is 0.649. The first-order valence-electron chi connectivity index (χ1n) is 6.41. The van der Waals surface area contributed by atoms with Crippen molar-refractivity contribution in [1.82, 2.24) is 9.36 Å². The number of nitrogens with one attached hydrogen (secondary N) is 1. The van der Waals surface area contributed by atoms with Gasteiger partial charge in [0.25, 0.3) is 0 Å². The van der Waals surface area contributed by atoms with Crippen LogP contribution in [-0.4, -0.2) is 39.1 Å². The van der Waals surface area contributed by atoms with Crippen LogP contribution >= 0.6 is 23.3 Å². The van der Waals surface area contributed by atoms with Gasteiger partial charge in [-0.1, -0.05) is 0 Å². The number of hydrogen-bond donors (Lipinski definition) is 3. The van der Waals surface area contributed by atoms with Crippen molar-refractivity contribution in [2.75, 3.05) is 35.7 Å². The van der Waals surface area contributed by atoms with Gasteiger partial charge in [0.2, 0.25) is 0 Å². The lowest BCUT2D eigenvalue weighted by Crippen LogP contribution is -2.04. The van der Waals surface area contributed by atoms with Crippen LogP contribution in [0.1, 0.15) is 6.42 Å². The smallest absolute Gasteiger partial charge is 0.147 e. The first kappa shape index (κ1) is 15.1. The second-order valence-corrected chi connectivity index (χ2v) is 6.12. The van der Waals surface area contributed by atoms with Gasteiger partial charge in [-0.2, -0.15) is 16.1 Å². The minimum absolute atomic E-state index is 0.262. The number of rotatable bonds is 8. The molecule has 108 valence electrons. The maximum absolute atomic E-state index is 8.71. The van der Waals surface area contributed by atoms with Crippen molar-refractivity contribution in [1.29, 1.82) is 0 Å². The van der Waals surface area contributed by atoms with E-state index < -0.39 is 0 Å². The zero-order valence-electron chi connectivity index (χ0n) is 11.1. The highest BCUT2D eigenvalue weighted by atomic mass is 32.2. The molecular formula is C13H18N4OS2. The molecule has 5 nitrogen and oxygen atoms in total. The highest BCUT2D eigenvalue weighted by Crippen LogP contribution is 2.36. The average Bonchev–Trinajstić information content (AvgIpc) is 2.84. The molecule has 2 aromatic heterocycles. The van der Waals surface area contributed by atoms with Crippen molar-refractivity contribution >= 4 is 34.1 Å². The van der Waals surface area contributed by atoms with Gasteiger partial charge in [-0.3, -0.25) is 4.98 Å². The van der Waals surface area contributed by atoms with E-state index in [4.69, 9.17) is 10.8 Å². The van der Waals surface area contributed by atoms with E-state index in [9.17, 15) is 0 Å². The summed E-state index contributed by atoms with van der Waals surface area (Å²) < 4.78 is 4.22. The topological polar surface area (TPSA) is 84.1 Å². The Morgan fingerprint density at radius 3 is 2.85 bits per heavy atom. The number of nitrogens with zero attached hydrogens (tertiary/aromatic N) is 2. The maximum atomic E-state index is 8.71. The number of aromatic nitrogens is 2. The Bertz CT molecular complexity index is 518. The van der Waals surface area contributed by atoms with Crippen LogP contribution in [-0.2, 0) is 0 Å². The Morgan fingerprint density at radius 1 is 1.30 bits per heavy atom. The molecule has 0 aliphatic rings. The van der Waals surface area contributed by atoms with Gasteiger partial charge < -0.3 is 16.2 Å². The molecule has 0 bridgehead atoms. The molecule has 4 N–H and O–H groups in total. The Labute approximate surface area is 126 Å². The minimum atomic E-state index is 0.262. The van der Waals surface area contributed by atoms with Crippen LogP contribution in [0.2, 0.25) is 0 Å². The molecule has 0 radical (unpaired) electrons. The summed E-state index contributed by atoms with van der Waals surface area (Å²) in [6.45, 7) is 1.12. The Kier molecular flexibility index (Phi) is 6.10. The van der Waals surface area contributed by atoms with Gasteiger partial charge in [0, 0.05) is 31.3 Å². The van der Waals surface area contributed by atoms with E-state index >= 15 is 0 Å². The van der Waals surface area contributed by atoms with Crippen molar-refractivity contribution in [3.63, 3.8) is 0 Å². The molecule has 2 aromatic rings. The van der Waals surface area contributed by atoms with Crippen LogP contribution in [0.5, 0.6) is 0 Å². The standard InChI is InChI=1S/C13H18N4OS2/c14-12-11(10-2-4-15-5-3-10)13(20-17-12)16-6-9-19-8-1-7-18/h2-5,16,18H,1,6-9H2,(H2,14,17). The number of nitrogen functional groups attached to an aromatic ring is 1. The molecule has 0 amide bonds. The number of anilines is 2. The van der Waals surface area contributed by atoms with Crippen molar-refractivity contribution in [3.8, 4) is 11.1 Å². The van der Waals surface area contributed by atoms with Gasteiger partial charge >= 0.3 is 0 Å². The molecule has 7 heteroatoms. The van der Waals surface area contributed by atoms with Crippen molar-refractivity contribution < 1.29 is 5.11 Å². The van der Waals surface area contributed by atoms with E-state index in [1.807, 2.05) is 23.9 Å². The van der Waals surface area contributed by atoms with Gasteiger partial charge in [-0.25, -0.2) is 0 Å². The van der Waals surface area contributed by atoms with Crippen molar-refractivity contribution in [3.05, 3.63) is 24.5 Å². The summed E-state index contributed by atoms with van der Waals surface area (Å²) in [4.78, 5) is 4.02. The predicted molar refractivity (Wildman–Crippen MR) is 87.3 cm³/mol. The van der Waals surface area contributed by atoms with Gasteiger partial charge in [0.1, 0.15) is 10.8 Å². The van der Waals surface area contributed by atoms with E-state index in [0.717, 1.165) is 40.6 Å². The van der Waals surface area contributed by atoms with Gasteiger partial charge in [-0.15, -0.1) is 0 Å². The fourth-order valence-corrected chi connectivity index (χ4v) is 3.27. The van der Waals surface area contributed by atoms with Gasteiger partial charge in [0.15, 0.2) is 0 Å². The number of pyridine rings is 1. The SMILES string of the molecule is Nc1nsc(NCCSCCCO)c1-c1ccncc1. The second kappa shape index (κ2) is 8.08. The molecule has 0 unspecified atom stereocenters. The number of hydrogen-bond acceptors (Lipinski definition) is 7.